The average molecular weight is 354 g/mol. The number of thioether (sulfide) groups is 1. The van der Waals surface area contributed by atoms with Gasteiger partial charge in [0.05, 0.1) is 11.4 Å². The van der Waals surface area contributed by atoms with Crippen LogP contribution in [0.5, 0.6) is 0 Å². The van der Waals surface area contributed by atoms with Crippen molar-refractivity contribution in [3.05, 3.63) is 34.2 Å². The molecule has 5 heteroatoms. The molecule has 1 aromatic rings. The van der Waals surface area contributed by atoms with Gasteiger partial charge in [0.1, 0.15) is 0 Å². The maximum absolute atomic E-state index is 12.3. The smallest absolute Gasteiger partial charge is 0.294 e. The largest absolute Gasteiger partial charge is 0.369 e. The van der Waals surface area contributed by atoms with Gasteiger partial charge in [0.2, 0.25) is 0 Å². The molecule has 2 amide bonds. The SMILES string of the molecule is C#CCN1C(=O)S/C(=C/c2ccc3c(c2)C(C)CC(C)(C)N3C)C1=O. The van der Waals surface area contributed by atoms with E-state index in [0.717, 1.165) is 28.6 Å². The fourth-order valence-electron chi connectivity index (χ4n) is 3.56. The molecule has 3 rings (SSSR count). The number of terminal acetylenes is 1. The van der Waals surface area contributed by atoms with Crippen LogP contribution in [0.1, 0.15) is 44.2 Å². The molecule has 0 aromatic heterocycles. The standard InChI is InChI=1S/C20H22N2O2S/c1-6-9-22-18(23)17(25-19(22)24)11-14-7-8-16-15(10-14)13(2)12-20(3,4)21(16)5/h1,7-8,10-11,13H,9,12H2,2-5H3/b17-11+. The Balaban J connectivity index is 1.94. The number of fused-ring (bicyclic) bond motifs is 1. The molecule has 25 heavy (non-hydrogen) atoms. The highest BCUT2D eigenvalue weighted by Crippen LogP contribution is 2.43. The van der Waals surface area contributed by atoms with E-state index < -0.39 is 0 Å². The summed E-state index contributed by atoms with van der Waals surface area (Å²) in [7, 11) is 2.12. The van der Waals surface area contributed by atoms with Crippen molar-refractivity contribution in [2.45, 2.75) is 38.6 Å². The Morgan fingerprint density at radius 3 is 2.80 bits per heavy atom. The van der Waals surface area contributed by atoms with Crippen molar-refractivity contribution in [2.75, 3.05) is 18.5 Å². The van der Waals surface area contributed by atoms with Crippen LogP contribution in [0.15, 0.2) is 23.1 Å². The minimum atomic E-state index is -0.308. The molecule has 1 fully saturated rings. The van der Waals surface area contributed by atoms with E-state index >= 15 is 0 Å². The molecule has 0 bridgehead atoms. The van der Waals surface area contributed by atoms with Gasteiger partial charge in [0.15, 0.2) is 0 Å². The van der Waals surface area contributed by atoms with Crippen molar-refractivity contribution in [3.63, 3.8) is 0 Å². The molecule has 2 aliphatic rings. The Bertz CT molecular complexity index is 819. The molecule has 1 saturated heterocycles. The van der Waals surface area contributed by atoms with E-state index in [0.29, 0.717) is 10.8 Å². The molecule has 2 heterocycles. The third-order valence-corrected chi connectivity index (χ3v) is 5.99. The van der Waals surface area contributed by atoms with E-state index in [4.69, 9.17) is 6.42 Å². The van der Waals surface area contributed by atoms with Crippen LogP contribution in [0.4, 0.5) is 10.5 Å². The van der Waals surface area contributed by atoms with Gasteiger partial charge in [0, 0.05) is 18.3 Å². The van der Waals surface area contributed by atoms with E-state index in [1.165, 1.54) is 11.3 Å². The summed E-state index contributed by atoms with van der Waals surface area (Å²) in [6.45, 7) is 6.75. The van der Waals surface area contributed by atoms with Gasteiger partial charge in [0.25, 0.3) is 11.1 Å². The molecule has 1 aromatic carbocycles. The van der Waals surface area contributed by atoms with Gasteiger partial charge in [-0.1, -0.05) is 18.9 Å². The number of benzene rings is 1. The van der Waals surface area contributed by atoms with E-state index in [9.17, 15) is 9.59 Å². The first-order valence-corrected chi connectivity index (χ1v) is 9.13. The zero-order chi connectivity index (χ0) is 18.4. The molecule has 0 saturated carbocycles. The Labute approximate surface area is 153 Å². The molecule has 0 radical (unpaired) electrons. The summed E-state index contributed by atoms with van der Waals surface area (Å²) in [5.41, 5.74) is 3.55. The van der Waals surface area contributed by atoms with Gasteiger partial charge >= 0.3 is 0 Å². The predicted molar refractivity (Wildman–Crippen MR) is 103 cm³/mol. The van der Waals surface area contributed by atoms with E-state index in [-0.39, 0.29) is 23.2 Å². The Morgan fingerprint density at radius 1 is 1.40 bits per heavy atom. The molecule has 1 atom stereocenters. The number of anilines is 1. The van der Waals surface area contributed by atoms with E-state index in [1.807, 2.05) is 6.07 Å². The van der Waals surface area contributed by atoms with Gasteiger partial charge in [-0.25, -0.2) is 0 Å². The second kappa shape index (κ2) is 6.27. The summed E-state index contributed by atoms with van der Waals surface area (Å²) in [4.78, 5) is 28.1. The molecule has 0 spiro atoms. The highest BCUT2D eigenvalue weighted by molar-refractivity contribution is 8.18. The highest BCUT2D eigenvalue weighted by atomic mass is 32.2. The van der Waals surface area contributed by atoms with Crippen molar-refractivity contribution < 1.29 is 9.59 Å². The quantitative estimate of drug-likeness (QED) is 0.593. The van der Waals surface area contributed by atoms with Gasteiger partial charge < -0.3 is 4.90 Å². The lowest BCUT2D eigenvalue weighted by Gasteiger charge is -2.45. The lowest BCUT2D eigenvalue weighted by Crippen LogP contribution is -2.45. The number of imide groups is 1. The summed E-state index contributed by atoms with van der Waals surface area (Å²) in [5, 5.41) is -0.304. The lowest BCUT2D eigenvalue weighted by molar-refractivity contribution is -0.122. The predicted octanol–water partition coefficient (Wildman–Crippen LogP) is 4.08. The van der Waals surface area contributed by atoms with Crippen molar-refractivity contribution >= 4 is 34.7 Å². The number of carbonyl (C=O) groups is 2. The zero-order valence-electron chi connectivity index (χ0n) is 15.0. The van der Waals surface area contributed by atoms with Crippen molar-refractivity contribution in [3.8, 4) is 12.3 Å². The van der Waals surface area contributed by atoms with Crippen molar-refractivity contribution in [1.82, 2.24) is 4.90 Å². The van der Waals surface area contributed by atoms with Gasteiger partial charge in [-0.15, -0.1) is 6.42 Å². The minimum absolute atomic E-state index is 0.0170. The fourth-order valence-corrected chi connectivity index (χ4v) is 4.40. The summed E-state index contributed by atoms with van der Waals surface area (Å²) in [5.74, 6) is 2.48. The number of rotatable bonds is 2. The highest BCUT2D eigenvalue weighted by Gasteiger charge is 2.35. The maximum atomic E-state index is 12.3. The molecule has 4 nitrogen and oxygen atoms in total. The first-order chi connectivity index (χ1) is 11.7. The van der Waals surface area contributed by atoms with Crippen LogP contribution in [-0.4, -0.2) is 35.2 Å². The van der Waals surface area contributed by atoms with Gasteiger partial charge in [-0.05, 0) is 67.3 Å². The Morgan fingerprint density at radius 2 is 2.12 bits per heavy atom. The fraction of sp³-hybridized carbons (Fsp3) is 0.400. The van der Waals surface area contributed by atoms with Crippen LogP contribution in [0.25, 0.3) is 6.08 Å². The number of hydrogen-bond acceptors (Lipinski definition) is 4. The van der Waals surface area contributed by atoms with E-state index in [1.54, 1.807) is 6.08 Å². The van der Waals surface area contributed by atoms with E-state index in [2.05, 4.69) is 50.8 Å². The topological polar surface area (TPSA) is 40.6 Å². The number of hydrogen-bond donors (Lipinski definition) is 0. The second-order valence-electron chi connectivity index (χ2n) is 7.27. The molecular formula is C20H22N2O2S. The van der Waals surface area contributed by atoms with Gasteiger partial charge in [-0.3, -0.25) is 14.5 Å². The van der Waals surface area contributed by atoms with Crippen LogP contribution in [0.3, 0.4) is 0 Å². The summed E-state index contributed by atoms with van der Waals surface area (Å²) >= 11 is 0.948. The van der Waals surface area contributed by atoms with Crippen LogP contribution >= 0.6 is 11.8 Å². The lowest BCUT2D eigenvalue weighted by atomic mass is 9.80. The third-order valence-electron chi connectivity index (χ3n) is 5.08. The minimum Gasteiger partial charge on any atom is -0.369 e. The Hall–Kier alpha value is -2.19. The number of amides is 2. The number of nitrogens with zero attached hydrogens (tertiary/aromatic N) is 2. The van der Waals surface area contributed by atoms with Crippen molar-refractivity contribution in [2.24, 2.45) is 0 Å². The summed E-state index contributed by atoms with van der Waals surface area (Å²) in [6.07, 6.45) is 8.08. The summed E-state index contributed by atoms with van der Waals surface area (Å²) < 4.78 is 0. The zero-order valence-corrected chi connectivity index (χ0v) is 15.8. The number of carbonyl (C=O) groups excluding carboxylic acids is 2. The summed E-state index contributed by atoms with van der Waals surface area (Å²) in [6, 6.07) is 6.23. The Kier molecular flexibility index (Phi) is 4.42. The van der Waals surface area contributed by atoms with Gasteiger partial charge in [-0.2, -0.15) is 0 Å². The monoisotopic (exact) mass is 354 g/mol. The third kappa shape index (κ3) is 3.07. The molecule has 1 unspecified atom stereocenters. The van der Waals surface area contributed by atoms with Crippen LogP contribution in [-0.2, 0) is 4.79 Å². The first-order valence-electron chi connectivity index (χ1n) is 8.31. The average Bonchev–Trinajstić information content (AvgIpc) is 2.80. The van der Waals surface area contributed by atoms with Crippen LogP contribution in [0.2, 0.25) is 0 Å². The normalized spacial score (nSPS) is 23.8. The molecule has 130 valence electrons. The van der Waals surface area contributed by atoms with Crippen molar-refractivity contribution in [1.29, 1.82) is 0 Å². The molecule has 0 N–H and O–H groups in total. The molecular weight excluding hydrogens is 332 g/mol. The first kappa shape index (κ1) is 17.6. The maximum Gasteiger partial charge on any atom is 0.294 e. The van der Waals surface area contributed by atoms with Crippen LogP contribution in [0, 0.1) is 12.3 Å². The second-order valence-corrected chi connectivity index (χ2v) is 8.26. The van der Waals surface area contributed by atoms with Crippen LogP contribution < -0.4 is 4.90 Å². The molecule has 0 aliphatic carbocycles. The molecule has 2 aliphatic heterocycles.